The van der Waals surface area contributed by atoms with Gasteiger partial charge < -0.3 is 19.8 Å². The first-order valence-electron chi connectivity index (χ1n) is 6.94. The summed E-state index contributed by atoms with van der Waals surface area (Å²) in [6, 6.07) is 3.43. The number of rotatable bonds is 6. The summed E-state index contributed by atoms with van der Waals surface area (Å²) in [5.74, 6) is 0.300. The molecule has 0 saturated carbocycles. The van der Waals surface area contributed by atoms with Crippen molar-refractivity contribution in [1.82, 2.24) is 10.3 Å². The van der Waals surface area contributed by atoms with Gasteiger partial charge in [-0.25, -0.2) is 0 Å². The lowest BCUT2D eigenvalue weighted by Gasteiger charge is -2.24. The molecule has 1 unspecified atom stereocenters. The number of aromatic nitrogens is 1. The van der Waals surface area contributed by atoms with Crippen LogP contribution in [0.1, 0.15) is 44.1 Å². The number of amides is 1. The second-order valence-corrected chi connectivity index (χ2v) is 5.99. The number of nitrogens with one attached hydrogen (secondary N) is 2. The number of aromatic amines is 1. The van der Waals surface area contributed by atoms with E-state index in [0.29, 0.717) is 23.6 Å². The Balaban J connectivity index is 1.89. The maximum atomic E-state index is 12.0. The van der Waals surface area contributed by atoms with Gasteiger partial charge in [-0.15, -0.1) is 0 Å². The van der Waals surface area contributed by atoms with E-state index in [1.807, 2.05) is 0 Å². The first-order chi connectivity index (χ1) is 9.37. The van der Waals surface area contributed by atoms with Crippen molar-refractivity contribution in [3.8, 4) is 0 Å². The van der Waals surface area contributed by atoms with Gasteiger partial charge in [-0.1, -0.05) is 13.8 Å². The molecule has 1 amide bonds. The van der Waals surface area contributed by atoms with Crippen molar-refractivity contribution in [1.29, 1.82) is 0 Å². The molecule has 0 radical (unpaired) electrons. The molecule has 2 rings (SSSR count). The van der Waals surface area contributed by atoms with Crippen LogP contribution in [0.25, 0.3) is 11.1 Å². The van der Waals surface area contributed by atoms with Gasteiger partial charge in [0.15, 0.2) is 5.58 Å². The molecule has 0 saturated heterocycles. The van der Waals surface area contributed by atoms with E-state index in [1.165, 1.54) is 0 Å². The largest absolute Gasteiger partial charge is 0.463 e. The van der Waals surface area contributed by atoms with Crippen molar-refractivity contribution < 1.29 is 14.3 Å². The normalized spacial score (nSPS) is 14.7. The van der Waals surface area contributed by atoms with Gasteiger partial charge in [0, 0.05) is 18.7 Å². The maximum Gasteiger partial charge on any atom is 0.267 e. The second kappa shape index (κ2) is 5.71. The molecule has 0 bridgehead atoms. The van der Waals surface area contributed by atoms with Crippen LogP contribution in [0.15, 0.2) is 22.8 Å². The molecule has 2 aromatic heterocycles. The molecule has 5 heteroatoms. The highest BCUT2D eigenvalue weighted by molar-refractivity contribution is 5.96. The van der Waals surface area contributed by atoms with E-state index in [2.05, 4.69) is 24.1 Å². The summed E-state index contributed by atoms with van der Waals surface area (Å²) in [4.78, 5) is 15.0. The van der Waals surface area contributed by atoms with Crippen LogP contribution in [0, 0.1) is 5.92 Å². The molecule has 0 aliphatic rings. The molecule has 2 heterocycles. The fourth-order valence-corrected chi connectivity index (χ4v) is 2.02. The average molecular weight is 278 g/mol. The summed E-state index contributed by atoms with van der Waals surface area (Å²) in [7, 11) is 0. The Morgan fingerprint density at radius 1 is 1.55 bits per heavy atom. The summed E-state index contributed by atoms with van der Waals surface area (Å²) in [5, 5.41) is 13.0. The Labute approximate surface area is 118 Å². The second-order valence-electron chi connectivity index (χ2n) is 5.99. The predicted molar refractivity (Wildman–Crippen MR) is 77.6 cm³/mol. The zero-order valence-corrected chi connectivity index (χ0v) is 12.2. The van der Waals surface area contributed by atoms with E-state index in [9.17, 15) is 9.90 Å². The van der Waals surface area contributed by atoms with Crippen molar-refractivity contribution in [2.75, 3.05) is 6.54 Å². The van der Waals surface area contributed by atoms with E-state index >= 15 is 0 Å². The van der Waals surface area contributed by atoms with Gasteiger partial charge >= 0.3 is 0 Å². The molecular formula is C15H22N2O3. The molecule has 20 heavy (non-hydrogen) atoms. The summed E-state index contributed by atoms with van der Waals surface area (Å²) in [6.45, 7) is 6.21. The molecular weight excluding hydrogens is 256 g/mol. The number of H-pyrrole nitrogens is 1. The van der Waals surface area contributed by atoms with Crippen molar-refractivity contribution in [3.63, 3.8) is 0 Å². The summed E-state index contributed by atoms with van der Waals surface area (Å²) >= 11 is 0. The van der Waals surface area contributed by atoms with Crippen molar-refractivity contribution >= 4 is 17.0 Å². The van der Waals surface area contributed by atoms with Gasteiger partial charge in [0.1, 0.15) is 5.69 Å². The van der Waals surface area contributed by atoms with Gasteiger partial charge in [0.05, 0.1) is 17.4 Å². The zero-order chi connectivity index (χ0) is 14.8. The Kier molecular flexibility index (Phi) is 4.18. The van der Waals surface area contributed by atoms with Crippen LogP contribution in [-0.4, -0.2) is 28.1 Å². The van der Waals surface area contributed by atoms with Crippen molar-refractivity contribution in [2.24, 2.45) is 5.92 Å². The van der Waals surface area contributed by atoms with Crippen molar-refractivity contribution in [3.05, 3.63) is 24.1 Å². The SMILES string of the molecule is CC(C)CCC(C)(O)CNC(=O)c1cc2occc2[nH]1. The Morgan fingerprint density at radius 2 is 2.30 bits per heavy atom. The summed E-state index contributed by atoms with van der Waals surface area (Å²) in [6.07, 6.45) is 3.16. The van der Waals surface area contributed by atoms with Gasteiger partial charge in [0.25, 0.3) is 5.91 Å². The zero-order valence-electron chi connectivity index (χ0n) is 12.2. The van der Waals surface area contributed by atoms with Crippen LogP contribution < -0.4 is 5.32 Å². The number of hydrogen-bond acceptors (Lipinski definition) is 3. The third-order valence-corrected chi connectivity index (χ3v) is 3.37. The number of carbonyl (C=O) groups excluding carboxylic acids is 1. The minimum absolute atomic E-state index is 0.235. The van der Waals surface area contributed by atoms with E-state index in [0.717, 1.165) is 11.9 Å². The first kappa shape index (κ1) is 14.7. The highest BCUT2D eigenvalue weighted by Crippen LogP contribution is 2.17. The van der Waals surface area contributed by atoms with Crippen LogP contribution in [0.2, 0.25) is 0 Å². The highest BCUT2D eigenvalue weighted by atomic mass is 16.3. The quantitative estimate of drug-likeness (QED) is 0.760. The standard InChI is InChI=1S/C15H22N2O3/c1-10(2)4-6-15(3,19)9-16-14(18)12-8-13-11(17-12)5-7-20-13/h5,7-8,10,17,19H,4,6,9H2,1-3H3,(H,16,18). The smallest absolute Gasteiger partial charge is 0.267 e. The Hall–Kier alpha value is -1.75. The molecule has 0 aliphatic carbocycles. The number of furan rings is 1. The Bertz CT molecular complexity index is 552. The first-order valence-corrected chi connectivity index (χ1v) is 6.94. The summed E-state index contributed by atoms with van der Waals surface area (Å²) < 4.78 is 5.20. The molecule has 2 aromatic rings. The third-order valence-electron chi connectivity index (χ3n) is 3.37. The number of carbonyl (C=O) groups is 1. The van der Waals surface area contributed by atoms with E-state index in [-0.39, 0.29) is 12.5 Å². The minimum atomic E-state index is -0.883. The molecule has 0 fully saturated rings. The van der Waals surface area contributed by atoms with Gasteiger partial charge in [-0.2, -0.15) is 0 Å². The van der Waals surface area contributed by atoms with Crippen LogP contribution in [0.4, 0.5) is 0 Å². The molecule has 1 atom stereocenters. The molecule has 3 N–H and O–H groups in total. The van der Waals surface area contributed by atoms with Gasteiger partial charge in [0.2, 0.25) is 0 Å². The molecule has 0 aliphatic heterocycles. The lowest BCUT2D eigenvalue weighted by molar-refractivity contribution is 0.0428. The fraction of sp³-hybridized carbons (Fsp3) is 0.533. The van der Waals surface area contributed by atoms with E-state index in [1.54, 1.807) is 25.3 Å². The monoisotopic (exact) mass is 278 g/mol. The number of aliphatic hydroxyl groups is 1. The van der Waals surface area contributed by atoms with Crippen LogP contribution in [0.5, 0.6) is 0 Å². The van der Waals surface area contributed by atoms with E-state index in [4.69, 9.17) is 4.42 Å². The van der Waals surface area contributed by atoms with Crippen LogP contribution in [0.3, 0.4) is 0 Å². The molecule has 110 valence electrons. The average Bonchev–Trinajstić information content (AvgIpc) is 2.94. The minimum Gasteiger partial charge on any atom is -0.463 e. The lowest BCUT2D eigenvalue weighted by atomic mass is 9.95. The summed E-state index contributed by atoms with van der Waals surface area (Å²) in [5.41, 5.74) is 1.01. The van der Waals surface area contributed by atoms with E-state index < -0.39 is 5.60 Å². The van der Waals surface area contributed by atoms with Crippen molar-refractivity contribution in [2.45, 2.75) is 39.2 Å². The van der Waals surface area contributed by atoms with Gasteiger partial charge in [-0.05, 0) is 25.7 Å². The van der Waals surface area contributed by atoms with Gasteiger partial charge in [-0.3, -0.25) is 4.79 Å². The van der Waals surface area contributed by atoms with Crippen LogP contribution >= 0.6 is 0 Å². The highest BCUT2D eigenvalue weighted by Gasteiger charge is 2.22. The fourth-order valence-electron chi connectivity index (χ4n) is 2.02. The Morgan fingerprint density at radius 3 is 2.95 bits per heavy atom. The molecule has 0 aromatic carbocycles. The predicted octanol–water partition coefficient (Wildman–Crippen LogP) is 2.68. The number of fused-ring (bicyclic) bond motifs is 1. The third kappa shape index (κ3) is 3.63. The lowest BCUT2D eigenvalue weighted by Crippen LogP contribution is -2.40. The van der Waals surface area contributed by atoms with Crippen LogP contribution in [-0.2, 0) is 0 Å². The maximum absolute atomic E-state index is 12.0. The molecule has 5 nitrogen and oxygen atoms in total. The topological polar surface area (TPSA) is 78.3 Å². The number of hydrogen-bond donors (Lipinski definition) is 3. The molecule has 0 spiro atoms.